The van der Waals surface area contributed by atoms with E-state index in [2.05, 4.69) is 42.5 Å². The second-order valence-corrected chi connectivity index (χ2v) is 8.22. The van der Waals surface area contributed by atoms with Gasteiger partial charge in [-0.25, -0.2) is 24.6 Å². The van der Waals surface area contributed by atoms with Crippen molar-refractivity contribution in [2.45, 2.75) is 32.4 Å². The van der Waals surface area contributed by atoms with Gasteiger partial charge < -0.3 is 14.8 Å². The molecule has 5 heterocycles. The Morgan fingerprint density at radius 3 is 2.88 bits per heavy atom. The van der Waals surface area contributed by atoms with E-state index in [1.165, 1.54) is 6.33 Å². The number of hydrogen-bond donors (Lipinski definition) is 1. The minimum atomic E-state index is -0.376. The predicted octanol–water partition coefficient (Wildman–Crippen LogP) is 3.43. The van der Waals surface area contributed by atoms with E-state index in [-0.39, 0.29) is 12.0 Å². The predicted molar refractivity (Wildman–Crippen MR) is 126 cm³/mol. The quantitative estimate of drug-likeness (QED) is 0.393. The molecule has 0 radical (unpaired) electrons. The molecule has 0 fully saturated rings. The molecule has 34 heavy (non-hydrogen) atoms. The molecule has 0 saturated heterocycles. The Kier molecular flexibility index (Phi) is 5.98. The Labute approximate surface area is 195 Å². The maximum Gasteiger partial charge on any atom is 0.257 e. The molecule has 1 aliphatic heterocycles. The average molecular weight is 460 g/mol. The monoisotopic (exact) mass is 460 g/mol. The van der Waals surface area contributed by atoms with Crippen LogP contribution in [0.15, 0.2) is 48.3 Å². The summed E-state index contributed by atoms with van der Waals surface area (Å²) in [6.07, 6.45) is 6.74. The minimum absolute atomic E-state index is 0.143. The van der Waals surface area contributed by atoms with Gasteiger partial charge in [0.25, 0.3) is 5.88 Å². The first-order chi connectivity index (χ1) is 16.6. The van der Waals surface area contributed by atoms with Crippen LogP contribution in [0.2, 0.25) is 0 Å². The molecule has 11 nitrogen and oxygen atoms in total. The second kappa shape index (κ2) is 9.38. The van der Waals surface area contributed by atoms with Crippen molar-refractivity contribution in [3.63, 3.8) is 0 Å². The van der Waals surface area contributed by atoms with Crippen LogP contribution in [0.25, 0.3) is 22.3 Å². The number of hydrogen-bond acceptors (Lipinski definition) is 10. The molecule has 0 bridgehead atoms. The van der Waals surface area contributed by atoms with E-state index >= 15 is 0 Å². The van der Waals surface area contributed by atoms with Crippen molar-refractivity contribution in [2.24, 2.45) is 5.18 Å². The van der Waals surface area contributed by atoms with Gasteiger partial charge in [-0.2, -0.15) is 10.0 Å². The maximum atomic E-state index is 10.7. The molecule has 11 heteroatoms. The molecule has 0 saturated carbocycles. The van der Waals surface area contributed by atoms with Crippen LogP contribution in [0, 0.1) is 4.91 Å². The third-order valence-electron chi connectivity index (χ3n) is 5.65. The number of nitrogens with one attached hydrogen (secondary N) is 1. The lowest BCUT2D eigenvalue weighted by Gasteiger charge is -2.22. The highest BCUT2D eigenvalue weighted by Gasteiger charge is 2.21. The first kappa shape index (κ1) is 21.7. The molecule has 0 aromatic carbocycles. The van der Waals surface area contributed by atoms with Crippen molar-refractivity contribution in [3.05, 3.63) is 53.6 Å². The Morgan fingerprint density at radius 1 is 1.12 bits per heavy atom. The number of rotatable bonds is 8. The summed E-state index contributed by atoms with van der Waals surface area (Å²) in [5.41, 5.74) is 3.33. The Balaban J connectivity index is 1.31. The SMILES string of the molecule is CC(Cn1ncc2cc(-c3cc(NC[C@@H](C)c4ccnc5c4OCCO5)ncn3)cnc21)N=O. The van der Waals surface area contributed by atoms with E-state index in [9.17, 15) is 4.91 Å². The number of ether oxygens (including phenoxy) is 2. The second-order valence-electron chi connectivity index (χ2n) is 8.22. The Morgan fingerprint density at radius 2 is 2.00 bits per heavy atom. The first-order valence-corrected chi connectivity index (χ1v) is 11.1. The van der Waals surface area contributed by atoms with E-state index in [0.717, 1.165) is 22.2 Å². The molecule has 4 aromatic rings. The molecule has 0 aliphatic carbocycles. The normalized spacial score (nSPS) is 14.5. The zero-order valence-electron chi connectivity index (χ0n) is 18.9. The number of fused-ring (bicyclic) bond motifs is 2. The van der Waals surface area contributed by atoms with Gasteiger partial charge in [0.15, 0.2) is 11.4 Å². The lowest BCUT2D eigenvalue weighted by atomic mass is 10.0. The number of pyridine rings is 2. The van der Waals surface area contributed by atoms with E-state index in [0.29, 0.717) is 49.4 Å². The van der Waals surface area contributed by atoms with E-state index < -0.39 is 0 Å². The van der Waals surface area contributed by atoms with Crippen molar-refractivity contribution >= 4 is 16.9 Å². The van der Waals surface area contributed by atoms with Gasteiger partial charge in [0, 0.05) is 47.4 Å². The highest BCUT2D eigenvalue weighted by atomic mass is 16.6. The summed E-state index contributed by atoms with van der Waals surface area (Å²) in [6.45, 7) is 5.91. The fraction of sp³-hybridized carbons (Fsp3) is 0.348. The average Bonchev–Trinajstić information content (AvgIpc) is 3.28. The van der Waals surface area contributed by atoms with Gasteiger partial charge in [0.2, 0.25) is 0 Å². The summed E-state index contributed by atoms with van der Waals surface area (Å²) in [5.74, 6) is 2.11. The number of anilines is 1. The van der Waals surface area contributed by atoms with E-state index in [1.807, 2.05) is 18.2 Å². The molecule has 1 unspecified atom stereocenters. The van der Waals surface area contributed by atoms with Gasteiger partial charge in [-0.05, 0) is 19.1 Å². The zero-order chi connectivity index (χ0) is 23.5. The smallest absolute Gasteiger partial charge is 0.257 e. The summed E-state index contributed by atoms with van der Waals surface area (Å²) < 4.78 is 13.1. The lowest BCUT2D eigenvalue weighted by molar-refractivity contribution is 0.162. The molecule has 1 N–H and O–H groups in total. The summed E-state index contributed by atoms with van der Waals surface area (Å²) in [4.78, 5) is 28.3. The van der Waals surface area contributed by atoms with Gasteiger partial charge >= 0.3 is 0 Å². The van der Waals surface area contributed by atoms with Crippen molar-refractivity contribution < 1.29 is 9.47 Å². The van der Waals surface area contributed by atoms with E-state index in [4.69, 9.17) is 9.47 Å². The third-order valence-corrected chi connectivity index (χ3v) is 5.65. The van der Waals surface area contributed by atoms with Crippen LogP contribution >= 0.6 is 0 Å². The Bertz CT molecular complexity index is 1320. The topological polar surface area (TPSA) is 129 Å². The fourth-order valence-corrected chi connectivity index (χ4v) is 3.87. The molecule has 4 aromatic heterocycles. The third kappa shape index (κ3) is 4.36. The van der Waals surface area contributed by atoms with Crippen LogP contribution in [0.5, 0.6) is 11.6 Å². The number of aromatic nitrogens is 6. The van der Waals surface area contributed by atoms with Crippen LogP contribution in [0.1, 0.15) is 25.3 Å². The van der Waals surface area contributed by atoms with Gasteiger partial charge in [-0.15, -0.1) is 0 Å². The number of nitrogens with zero attached hydrogens (tertiary/aromatic N) is 7. The van der Waals surface area contributed by atoms with Gasteiger partial charge in [0.1, 0.15) is 31.4 Å². The highest BCUT2D eigenvalue weighted by Crippen LogP contribution is 2.35. The summed E-state index contributed by atoms with van der Waals surface area (Å²) >= 11 is 0. The molecule has 0 spiro atoms. The van der Waals surface area contributed by atoms with Crippen molar-refractivity contribution in [1.29, 1.82) is 0 Å². The molecule has 5 rings (SSSR count). The first-order valence-electron chi connectivity index (χ1n) is 11.1. The van der Waals surface area contributed by atoms with Crippen molar-refractivity contribution in [3.8, 4) is 22.9 Å². The largest absolute Gasteiger partial charge is 0.484 e. The molecule has 1 aliphatic rings. The van der Waals surface area contributed by atoms with Crippen LogP contribution < -0.4 is 14.8 Å². The molecule has 174 valence electrons. The van der Waals surface area contributed by atoms with Crippen molar-refractivity contribution in [1.82, 2.24) is 29.7 Å². The lowest BCUT2D eigenvalue weighted by Crippen LogP contribution is -2.19. The maximum absolute atomic E-state index is 10.7. The summed E-state index contributed by atoms with van der Waals surface area (Å²) in [6, 6.07) is 5.44. The summed E-state index contributed by atoms with van der Waals surface area (Å²) in [7, 11) is 0. The Hall–Kier alpha value is -4.15. The van der Waals surface area contributed by atoms with Gasteiger partial charge in [0.05, 0.1) is 18.4 Å². The number of nitroso groups, excluding NO2 is 1. The highest BCUT2D eigenvalue weighted by molar-refractivity contribution is 5.80. The van der Waals surface area contributed by atoms with Crippen molar-refractivity contribution in [2.75, 3.05) is 25.1 Å². The van der Waals surface area contributed by atoms with Gasteiger partial charge in [-0.3, -0.25) is 0 Å². The fourth-order valence-electron chi connectivity index (χ4n) is 3.87. The molecule has 0 amide bonds. The van der Waals surface area contributed by atoms with Crippen LogP contribution in [-0.2, 0) is 6.54 Å². The van der Waals surface area contributed by atoms with E-state index in [1.54, 1.807) is 30.2 Å². The van der Waals surface area contributed by atoms with Gasteiger partial charge in [-0.1, -0.05) is 12.1 Å². The van der Waals surface area contributed by atoms with Crippen LogP contribution in [-0.4, -0.2) is 55.5 Å². The standard InChI is InChI=1S/C23H24N8O3/c1-14(18-3-4-24-23-21(18)33-5-6-34-23)9-25-20-8-19(27-13-28-20)16-7-17-11-29-31(12-15(2)30-32)22(17)26-10-16/h3-4,7-8,10-11,13-15H,5-6,9,12H2,1-2H3,(H,25,27,28)/t14-,15?/m1/s1. The molecular formula is C23H24N8O3. The zero-order valence-corrected chi connectivity index (χ0v) is 18.9. The summed E-state index contributed by atoms with van der Waals surface area (Å²) in [5, 5.41) is 11.6. The van der Waals surface area contributed by atoms with Crippen LogP contribution in [0.3, 0.4) is 0 Å². The molecular weight excluding hydrogens is 436 g/mol. The van der Waals surface area contributed by atoms with Crippen LogP contribution in [0.4, 0.5) is 5.82 Å². The minimum Gasteiger partial charge on any atom is -0.484 e. The molecule has 2 atom stereocenters.